The molecular formula is C28H26F4N8O2. The number of likely N-dealkylation sites (tertiary alicyclic amines) is 1. The monoisotopic (exact) mass is 582 g/mol. The van der Waals surface area contributed by atoms with Gasteiger partial charge in [-0.3, -0.25) is 10.1 Å². The molecule has 0 radical (unpaired) electrons. The van der Waals surface area contributed by atoms with Crippen molar-refractivity contribution in [1.82, 2.24) is 24.5 Å². The Morgan fingerprint density at radius 2 is 1.74 bits per heavy atom. The molecule has 1 saturated heterocycles. The van der Waals surface area contributed by atoms with E-state index in [1.54, 1.807) is 10.6 Å². The molecule has 1 aromatic carbocycles. The highest BCUT2D eigenvalue weighted by atomic mass is 19.4. The Balaban J connectivity index is 1.21. The van der Waals surface area contributed by atoms with E-state index in [4.69, 9.17) is 5.73 Å². The molecule has 0 bridgehead atoms. The molecule has 4 N–H and O–H groups in total. The van der Waals surface area contributed by atoms with Gasteiger partial charge in [-0.2, -0.15) is 18.3 Å². The molecular weight excluding hydrogens is 556 g/mol. The molecule has 1 aliphatic carbocycles. The normalized spacial score (nSPS) is 16.0. The smallest absolute Gasteiger partial charge is 0.382 e. The molecule has 42 heavy (non-hydrogen) atoms. The number of nitrogens with one attached hydrogen (secondary N) is 2. The number of aromatic nitrogens is 4. The van der Waals surface area contributed by atoms with E-state index in [1.165, 1.54) is 18.5 Å². The zero-order valence-corrected chi connectivity index (χ0v) is 22.2. The average Bonchev–Trinajstić information content (AvgIpc) is 3.74. The molecule has 6 rings (SSSR count). The lowest BCUT2D eigenvalue weighted by atomic mass is 9.92. The van der Waals surface area contributed by atoms with Crippen LogP contribution in [0.15, 0.2) is 48.9 Å². The SMILES string of the molecule is Nc1ncnn2c(C3CCN(C(=O)C4CC4)CC3)cc(-c3ccc(NC(=O)Nc4cc(C(F)(F)F)ccn4)c(F)c3)c12. The molecule has 4 heterocycles. The number of hydrogen-bond acceptors (Lipinski definition) is 6. The fourth-order valence-electron chi connectivity index (χ4n) is 5.32. The van der Waals surface area contributed by atoms with Crippen molar-refractivity contribution in [1.29, 1.82) is 0 Å². The lowest BCUT2D eigenvalue weighted by Crippen LogP contribution is -2.39. The molecule has 10 nitrogen and oxygen atoms in total. The van der Waals surface area contributed by atoms with Gasteiger partial charge in [0, 0.05) is 42.4 Å². The van der Waals surface area contributed by atoms with E-state index in [0.717, 1.165) is 43.6 Å². The second-order valence-corrected chi connectivity index (χ2v) is 10.5. The molecule has 0 unspecified atom stereocenters. The first-order valence-corrected chi connectivity index (χ1v) is 13.4. The van der Waals surface area contributed by atoms with E-state index < -0.39 is 23.6 Å². The van der Waals surface area contributed by atoms with Gasteiger partial charge in [-0.25, -0.2) is 23.7 Å². The van der Waals surface area contributed by atoms with E-state index in [-0.39, 0.29) is 35.1 Å². The summed E-state index contributed by atoms with van der Waals surface area (Å²) in [5, 5.41) is 8.88. The number of amides is 3. The van der Waals surface area contributed by atoms with Crippen molar-refractivity contribution >= 4 is 34.8 Å². The van der Waals surface area contributed by atoms with Crippen LogP contribution in [-0.4, -0.2) is 49.5 Å². The number of pyridine rings is 1. The first-order chi connectivity index (χ1) is 20.1. The maximum Gasteiger partial charge on any atom is 0.416 e. The summed E-state index contributed by atoms with van der Waals surface area (Å²) in [5.74, 6) is -0.408. The number of fused-ring (bicyclic) bond motifs is 1. The minimum absolute atomic E-state index is 0.0998. The van der Waals surface area contributed by atoms with E-state index in [0.29, 0.717) is 35.8 Å². The van der Waals surface area contributed by atoms with Gasteiger partial charge in [0.25, 0.3) is 0 Å². The van der Waals surface area contributed by atoms with Crippen LogP contribution in [0.25, 0.3) is 16.6 Å². The van der Waals surface area contributed by atoms with Gasteiger partial charge in [0.1, 0.15) is 23.5 Å². The van der Waals surface area contributed by atoms with Gasteiger partial charge in [-0.15, -0.1) is 0 Å². The van der Waals surface area contributed by atoms with Crippen molar-refractivity contribution in [3.8, 4) is 11.1 Å². The molecule has 0 atom stereocenters. The lowest BCUT2D eigenvalue weighted by molar-refractivity contribution is -0.137. The number of benzene rings is 1. The number of anilines is 3. The van der Waals surface area contributed by atoms with Crippen LogP contribution in [0.3, 0.4) is 0 Å². The van der Waals surface area contributed by atoms with E-state index >= 15 is 4.39 Å². The third-order valence-corrected chi connectivity index (χ3v) is 7.62. The van der Waals surface area contributed by atoms with Crippen molar-refractivity contribution in [3.63, 3.8) is 0 Å². The summed E-state index contributed by atoms with van der Waals surface area (Å²) in [7, 11) is 0. The van der Waals surface area contributed by atoms with Gasteiger partial charge >= 0.3 is 12.2 Å². The number of nitrogen functional groups attached to an aromatic ring is 1. The third kappa shape index (κ3) is 5.43. The number of halogens is 4. The molecule has 14 heteroatoms. The van der Waals surface area contributed by atoms with Crippen molar-refractivity contribution in [2.24, 2.45) is 5.92 Å². The number of alkyl halides is 3. The van der Waals surface area contributed by atoms with Gasteiger partial charge in [0.15, 0.2) is 5.82 Å². The summed E-state index contributed by atoms with van der Waals surface area (Å²) >= 11 is 0. The lowest BCUT2D eigenvalue weighted by Gasteiger charge is -2.32. The Labute approximate surface area is 236 Å². The second-order valence-electron chi connectivity index (χ2n) is 10.5. The Morgan fingerprint density at radius 1 is 0.976 bits per heavy atom. The number of rotatable bonds is 5. The minimum atomic E-state index is -4.61. The van der Waals surface area contributed by atoms with Crippen molar-refractivity contribution in [2.45, 2.75) is 37.8 Å². The number of carbonyl (C=O) groups is 2. The zero-order chi connectivity index (χ0) is 29.6. The highest BCUT2D eigenvalue weighted by Gasteiger charge is 2.36. The van der Waals surface area contributed by atoms with Crippen LogP contribution in [0.1, 0.15) is 42.9 Å². The predicted octanol–water partition coefficient (Wildman–Crippen LogP) is 5.29. The van der Waals surface area contributed by atoms with E-state index in [9.17, 15) is 22.8 Å². The maximum absolute atomic E-state index is 15.2. The fourth-order valence-corrected chi connectivity index (χ4v) is 5.32. The summed E-state index contributed by atoms with van der Waals surface area (Å²) in [6, 6.07) is 6.54. The predicted molar refractivity (Wildman–Crippen MR) is 146 cm³/mol. The largest absolute Gasteiger partial charge is 0.416 e. The van der Waals surface area contributed by atoms with Gasteiger partial charge in [0.05, 0.1) is 11.3 Å². The Hall–Kier alpha value is -4.75. The van der Waals surface area contributed by atoms with Gasteiger partial charge in [-0.1, -0.05) is 6.07 Å². The van der Waals surface area contributed by atoms with Crippen molar-refractivity contribution in [3.05, 3.63) is 66.0 Å². The average molecular weight is 583 g/mol. The highest BCUT2D eigenvalue weighted by Crippen LogP contribution is 2.39. The number of hydrogen-bond donors (Lipinski definition) is 3. The Bertz CT molecular complexity index is 1680. The number of nitrogens with two attached hydrogens (primary N) is 1. The highest BCUT2D eigenvalue weighted by molar-refractivity contribution is 5.99. The zero-order valence-electron chi connectivity index (χ0n) is 22.2. The molecule has 218 valence electrons. The van der Waals surface area contributed by atoms with Crippen LogP contribution < -0.4 is 16.4 Å². The number of piperidine rings is 1. The second kappa shape index (κ2) is 10.6. The summed E-state index contributed by atoms with van der Waals surface area (Å²) in [5.41, 5.74) is 7.50. The number of urea groups is 1. The van der Waals surface area contributed by atoms with Gasteiger partial charge < -0.3 is 16.0 Å². The van der Waals surface area contributed by atoms with Gasteiger partial charge in [-0.05, 0) is 61.6 Å². The van der Waals surface area contributed by atoms with Crippen molar-refractivity contribution < 1.29 is 27.2 Å². The standard InChI is InChI=1S/C28H26F4N8O2/c29-20-11-17(3-4-21(20)37-27(42)38-23-12-18(5-8-34-23)28(30,31)32)19-13-22(40-24(19)25(33)35-14-36-40)15-6-9-39(10-7-15)26(41)16-1-2-16/h3-5,8,11-16H,1-2,6-7,9-10H2,(H2,33,35,36)(H2,34,37,38,42). The van der Waals surface area contributed by atoms with E-state index in [2.05, 4.69) is 25.7 Å². The van der Waals surface area contributed by atoms with Crippen molar-refractivity contribution in [2.75, 3.05) is 29.5 Å². The van der Waals surface area contributed by atoms with Crippen LogP contribution in [0.5, 0.6) is 0 Å². The van der Waals surface area contributed by atoms with Crippen LogP contribution in [-0.2, 0) is 11.0 Å². The van der Waals surface area contributed by atoms with Crippen LogP contribution in [0, 0.1) is 11.7 Å². The first-order valence-electron chi connectivity index (χ1n) is 13.4. The molecule has 1 aliphatic heterocycles. The fraction of sp³-hybridized carbons (Fsp3) is 0.321. The number of nitrogens with zero attached hydrogens (tertiary/aromatic N) is 5. The summed E-state index contributed by atoms with van der Waals surface area (Å²) in [6.45, 7) is 1.30. The Kier molecular flexibility index (Phi) is 6.91. The Morgan fingerprint density at radius 3 is 2.43 bits per heavy atom. The van der Waals surface area contributed by atoms with E-state index in [1.807, 2.05) is 11.0 Å². The number of carbonyl (C=O) groups excluding carboxylic acids is 2. The molecule has 0 spiro atoms. The van der Waals surface area contributed by atoms with Crippen LogP contribution in [0.2, 0.25) is 0 Å². The summed E-state index contributed by atoms with van der Waals surface area (Å²) < 4.78 is 55.7. The minimum Gasteiger partial charge on any atom is -0.382 e. The molecule has 3 aromatic heterocycles. The molecule has 4 aromatic rings. The summed E-state index contributed by atoms with van der Waals surface area (Å²) in [6.07, 6.45) is 1.09. The topological polar surface area (TPSA) is 131 Å². The quantitative estimate of drug-likeness (QED) is 0.274. The molecule has 1 saturated carbocycles. The maximum atomic E-state index is 15.2. The summed E-state index contributed by atoms with van der Waals surface area (Å²) in [4.78, 5) is 34.6. The molecule has 2 fully saturated rings. The molecule has 3 amide bonds. The molecule has 2 aliphatic rings. The van der Waals surface area contributed by atoms with Crippen LogP contribution in [0.4, 0.5) is 39.7 Å². The third-order valence-electron chi connectivity index (χ3n) is 7.62. The van der Waals surface area contributed by atoms with Gasteiger partial charge in [0.2, 0.25) is 5.91 Å². The van der Waals surface area contributed by atoms with Crippen LogP contribution >= 0.6 is 0 Å². The first kappa shape index (κ1) is 27.4.